The van der Waals surface area contributed by atoms with Crippen LogP contribution in [0.5, 0.6) is 0 Å². The average molecular weight is 360 g/mol. The molecule has 0 aromatic heterocycles. The lowest BCUT2D eigenvalue weighted by Crippen LogP contribution is -2.53. The van der Waals surface area contributed by atoms with Gasteiger partial charge in [0, 0.05) is 13.2 Å². The Kier molecular flexibility index (Phi) is 7.85. The normalized spacial score (nSPS) is 13.4. The molecule has 0 radical (unpaired) electrons. The summed E-state index contributed by atoms with van der Waals surface area (Å²) in [5, 5.41) is 3.59. The van der Waals surface area contributed by atoms with Crippen molar-refractivity contribution in [2.24, 2.45) is 0 Å². The van der Waals surface area contributed by atoms with Crippen molar-refractivity contribution in [3.63, 3.8) is 0 Å². The maximum Gasteiger partial charge on any atom is 0.137 e. The molecule has 0 saturated heterocycles. The van der Waals surface area contributed by atoms with Crippen molar-refractivity contribution in [2.75, 3.05) is 13.7 Å². The van der Waals surface area contributed by atoms with E-state index >= 15 is 0 Å². The Labute approximate surface area is 136 Å². The van der Waals surface area contributed by atoms with Gasteiger partial charge >= 0.3 is 0 Å². The van der Waals surface area contributed by atoms with Gasteiger partial charge in [0.05, 0.1) is 10.1 Å². The van der Waals surface area contributed by atoms with Crippen molar-refractivity contribution in [1.29, 1.82) is 0 Å². The van der Waals surface area contributed by atoms with Gasteiger partial charge < -0.3 is 10.1 Å². The fourth-order valence-corrected chi connectivity index (χ4v) is 3.29. The Balaban J connectivity index is 3.04. The minimum Gasteiger partial charge on any atom is -0.377 e. The van der Waals surface area contributed by atoms with Crippen LogP contribution in [0.2, 0.25) is 0 Å². The molecule has 1 N–H and O–H groups in total. The number of halogens is 2. The summed E-state index contributed by atoms with van der Waals surface area (Å²) >= 11 is 3.37. The molecule has 1 aromatic rings. The molecule has 1 atom stereocenters. The Bertz CT molecular complexity index is 427. The van der Waals surface area contributed by atoms with E-state index < -0.39 is 0 Å². The van der Waals surface area contributed by atoms with E-state index in [-0.39, 0.29) is 17.5 Å². The first-order chi connectivity index (χ1) is 10.0. The summed E-state index contributed by atoms with van der Waals surface area (Å²) in [6.45, 7) is 7.37. The summed E-state index contributed by atoms with van der Waals surface area (Å²) in [5.41, 5.74) is 0.757. The highest BCUT2D eigenvalue weighted by Gasteiger charge is 2.35. The van der Waals surface area contributed by atoms with Crippen LogP contribution in [-0.4, -0.2) is 25.3 Å². The molecule has 21 heavy (non-hydrogen) atoms. The van der Waals surface area contributed by atoms with E-state index in [1.807, 2.05) is 6.07 Å². The van der Waals surface area contributed by atoms with Crippen LogP contribution >= 0.6 is 15.9 Å². The second-order valence-electron chi connectivity index (χ2n) is 5.40. The van der Waals surface area contributed by atoms with Gasteiger partial charge in [-0.1, -0.05) is 32.9 Å². The zero-order valence-electron chi connectivity index (χ0n) is 13.5. The van der Waals surface area contributed by atoms with Gasteiger partial charge in [0.1, 0.15) is 5.82 Å². The van der Waals surface area contributed by atoms with Crippen LogP contribution in [0.3, 0.4) is 0 Å². The van der Waals surface area contributed by atoms with Crippen LogP contribution < -0.4 is 5.32 Å². The predicted octanol–water partition coefficient (Wildman–Crippen LogP) is 4.70. The van der Waals surface area contributed by atoms with Gasteiger partial charge in [0.25, 0.3) is 0 Å². The van der Waals surface area contributed by atoms with E-state index in [9.17, 15) is 4.39 Å². The van der Waals surface area contributed by atoms with Gasteiger partial charge in [0.15, 0.2) is 0 Å². The molecule has 4 heteroatoms. The van der Waals surface area contributed by atoms with E-state index in [1.54, 1.807) is 13.2 Å². The molecular weight excluding hydrogens is 333 g/mol. The quantitative estimate of drug-likeness (QED) is 0.689. The summed E-state index contributed by atoms with van der Waals surface area (Å²) < 4.78 is 20.2. The molecule has 0 aliphatic heterocycles. The van der Waals surface area contributed by atoms with Crippen LogP contribution in [0.4, 0.5) is 4.39 Å². The minimum atomic E-state index is -0.221. The summed E-state index contributed by atoms with van der Waals surface area (Å²) in [7, 11) is 1.77. The molecule has 0 spiro atoms. The highest BCUT2D eigenvalue weighted by Crippen LogP contribution is 2.29. The Hall–Kier alpha value is -0.450. The number of hydrogen-bond donors (Lipinski definition) is 1. The average Bonchev–Trinajstić information content (AvgIpc) is 2.51. The van der Waals surface area contributed by atoms with Crippen molar-refractivity contribution >= 4 is 15.9 Å². The smallest absolute Gasteiger partial charge is 0.137 e. The number of ether oxygens (including phenoxy) is 1. The fraction of sp³-hybridized carbons (Fsp3) is 0.647. The van der Waals surface area contributed by atoms with Gasteiger partial charge in [-0.2, -0.15) is 0 Å². The molecule has 1 unspecified atom stereocenters. The number of benzene rings is 1. The van der Waals surface area contributed by atoms with E-state index in [4.69, 9.17) is 4.74 Å². The minimum absolute atomic E-state index is 0.163. The second kappa shape index (κ2) is 8.86. The molecule has 0 heterocycles. The molecular formula is C17H27BrFNO. The standard InChI is InChI=1S/C17H27BrFNO/c1-5-11-20-15(17(6-2,7-3)21-4)12-13-9-8-10-14(19)16(13)18/h8-10,15,20H,5-7,11-12H2,1-4H3. The first-order valence-electron chi connectivity index (χ1n) is 7.76. The third-order valence-electron chi connectivity index (χ3n) is 4.33. The topological polar surface area (TPSA) is 21.3 Å². The lowest BCUT2D eigenvalue weighted by atomic mass is 9.84. The highest BCUT2D eigenvalue weighted by molar-refractivity contribution is 9.10. The molecule has 1 rings (SSSR count). The maximum absolute atomic E-state index is 13.7. The van der Waals surface area contributed by atoms with Crippen LogP contribution in [0.15, 0.2) is 22.7 Å². The summed E-state index contributed by atoms with van der Waals surface area (Å²) in [4.78, 5) is 0. The first kappa shape index (κ1) is 18.6. The van der Waals surface area contributed by atoms with Crippen LogP contribution in [0.1, 0.15) is 45.6 Å². The van der Waals surface area contributed by atoms with E-state index in [2.05, 4.69) is 42.0 Å². The van der Waals surface area contributed by atoms with E-state index in [1.165, 1.54) is 6.07 Å². The highest BCUT2D eigenvalue weighted by atomic mass is 79.9. The SMILES string of the molecule is CCCNC(Cc1cccc(F)c1Br)C(CC)(CC)OC. The summed E-state index contributed by atoms with van der Waals surface area (Å²) in [6, 6.07) is 5.37. The molecule has 0 saturated carbocycles. The van der Waals surface area contributed by atoms with E-state index in [0.29, 0.717) is 4.47 Å². The molecule has 0 fully saturated rings. The number of rotatable bonds is 9. The second-order valence-corrected chi connectivity index (χ2v) is 6.19. The lowest BCUT2D eigenvalue weighted by Gasteiger charge is -2.39. The van der Waals surface area contributed by atoms with Crippen molar-refractivity contribution in [1.82, 2.24) is 5.32 Å². The Morgan fingerprint density at radius 2 is 1.95 bits per heavy atom. The molecule has 120 valence electrons. The molecule has 0 aliphatic carbocycles. The molecule has 0 bridgehead atoms. The van der Waals surface area contributed by atoms with Crippen molar-refractivity contribution in [3.05, 3.63) is 34.1 Å². The predicted molar refractivity (Wildman–Crippen MR) is 90.2 cm³/mol. The number of methoxy groups -OCH3 is 1. The van der Waals surface area contributed by atoms with Crippen molar-refractivity contribution in [2.45, 2.75) is 58.1 Å². The van der Waals surface area contributed by atoms with Crippen molar-refractivity contribution in [3.8, 4) is 0 Å². The monoisotopic (exact) mass is 359 g/mol. The zero-order valence-corrected chi connectivity index (χ0v) is 15.1. The molecule has 1 aromatic carbocycles. The number of nitrogens with one attached hydrogen (secondary N) is 1. The zero-order chi connectivity index (χ0) is 15.9. The summed E-state index contributed by atoms with van der Waals surface area (Å²) in [5.74, 6) is -0.210. The van der Waals surface area contributed by atoms with Gasteiger partial charge in [-0.25, -0.2) is 4.39 Å². The first-order valence-corrected chi connectivity index (χ1v) is 8.55. The van der Waals surface area contributed by atoms with Crippen LogP contribution in [0.25, 0.3) is 0 Å². The van der Waals surface area contributed by atoms with Gasteiger partial charge in [-0.15, -0.1) is 0 Å². The summed E-state index contributed by atoms with van der Waals surface area (Å²) in [6.07, 6.45) is 3.66. The maximum atomic E-state index is 13.7. The van der Waals surface area contributed by atoms with Crippen molar-refractivity contribution < 1.29 is 9.13 Å². The molecule has 0 amide bonds. The Morgan fingerprint density at radius 3 is 2.48 bits per heavy atom. The fourth-order valence-electron chi connectivity index (χ4n) is 2.86. The van der Waals surface area contributed by atoms with Gasteiger partial charge in [-0.05, 0) is 59.8 Å². The lowest BCUT2D eigenvalue weighted by molar-refractivity contribution is -0.0472. The Morgan fingerprint density at radius 1 is 1.29 bits per heavy atom. The third-order valence-corrected chi connectivity index (χ3v) is 5.22. The third kappa shape index (κ3) is 4.51. The largest absolute Gasteiger partial charge is 0.377 e. The van der Waals surface area contributed by atoms with Gasteiger partial charge in [-0.3, -0.25) is 0 Å². The van der Waals surface area contributed by atoms with Gasteiger partial charge in [0.2, 0.25) is 0 Å². The molecule has 0 aliphatic rings. The van der Waals surface area contributed by atoms with Crippen LogP contribution in [0, 0.1) is 5.82 Å². The van der Waals surface area contributed by atoms with E-state index in [0.717, 1.165) is 37.8 Å². The van der Waals surface area contributed by atoms with Crippen LogP contribution in [-0.2, 0) is 11.2 Å². The number of hydrogen-bond acceptors (Lipinski definition) is 2. The molecule has 2 nitrogen and oxygen atoms in total.